The van der Waals surface area contributed by atoms with E-state index in [0.717, 1.165) is 5.57 Å². The van der Waals surface area contributed by atoms with Gasteiger partial charge in [0.25, 0.3) is 0 Å². The summed E-state index contributed by atoms with van der Waals surface area (Å²) in [5.41, 5.74) is -6.00. The Bertz CT molecular complexity index is 1080. The fourth-order valence-electron chi connectivity index (χ4n) is 8.91. The minimum Gasteiger partial charge on any atom is -0.455 e. The summed E-state index contributed by atoms with van der Waals surface area (Å²) in [4.78, 5) is 24.6. The molecule has 0 aromatic carbocycles. The first kappa shape index (κ1) is 26.4. The summed E-state index contributed by atoms with van der Waals surface area (Å²) in [6.45, 7) is 8.61. The van der Waals surface area contributed by atoms with Crippen molar-refractivity contribution < 1.29 is 34.8 Å². The predicted molar refractivity (Wildman–Crippen MR) is 133 cm³/mol. The number of ketones is 1. The van der Waals surface area contributed by atoms with Gasteiger partial charge in [-0.25, -0.2) is 4.79 Å². The minimum atomic E-state index is -1.84. The molecule has 0 amide bonds. The second-order valence-corrected chi connectivity index (χ2v) is 13.5. The molecule has 4 N–H and O–H groups in total. The molecule has 0 spiro atoms. The van der Waals surface area contributed by atoms with Gasteiger partial charge >= 0.3 is 5.97 Å². The maximum atomic E-state index is 13.3. The Labute approximate surface area is 217 Å². The number of rotatable bonds is 2. The first-order valence-corrected chi connectivity index (χ1v) is 13.5. The molecule has 0 radical (unpaired) electrons. The lowest BCUT2D eigenvalue weighted by atomic mass is 9.42. The summed E-state index contributed by atoms with van der Waals surface area (Å²) in [5.74, 6) is -1.44. The van der Waals surface area contributed by atoms with E-state index in [1.54, 1.807) is 26.0 Å². The van der Waals surface area contributed by atoms with Gasteiger partial charge in [0.2, 0.25) is 0 Å². The summed E-state index contributed by atoms with van der Waals surface area (Å²) in [6.07, 6.45) is 3.27. The highest BCUT2D eigenvalue weighted by atomic mass is 35.5. The number of hydrogen-bond donors (Lipinski definition) is 4. The number of esters is 1. The van der Waals surface area contributed by atoms with Gasteiger partial charge in [-0.2, -0.15) is 0 Å². The minimum absolute atomic E-state index is 0.0959. The second kappa shape index (κ2) is 7.66. The van der Waals surface area contributed by atoms with Gasteiger partial charge in [0.05, 0.1) is 22.0 Å². The van der Waals surface area contributed by atoms with Crippen LogP contribution < -0.4 is 0 Å². The molecule has 0 aromatic rings. The van der Waals surface area contributed by atoms with E-state index < -0.39 is 56.6 Å². The number of halogens is 1. The number of aliphatic hydroxyl groups is 4. The summed E-state index contributed by atoms with van der Waals surface area (Å²) < 4.78 is 5.61. The number of hydrogen-bond acceptors (Lipinski definition) is 7. The highest BCUT2D eigenvalue weighted by Crippen LogP contribution is 2.72. The van der Waals surface area contributed by atoms with Crippen molar-refractivity contribution in [1.82, 2.24) is 0 Å². The fraction of sp³-hybridized carbons (Fsp3) is 0.786. The molecular weight excluding hydrogens is 484 g/mol. The zero-order chi connectivity index (χ0) is 26.7. The number of allylic oxidation sites excluding steroid dienone is 2. The average molecular weight is 523 g/mol. The molecule has 1 heterocycles. The number of carbonyl (C=O) groups excluding carboxylic acids is 2. The molecule has 36 heavy (non-hydrogen) atoms. The molecular formula is C28H39ClO7. The lowest BCUT2D eigenvalue weighted by molar-refractivity contribution is -0.287. The third-order valence-electron chi connectivity index (χ3n) is 11.7. The van der Waals surface area contributed by atoms with Crippen LogP contribution in [0.15, 0.2) is 23.3 Å². The van der Waals surface area contributed by atoms with Crippen molar-refractivity contribution in [1.29, 1.82) is 0 Å². The smallest absolute Gasteiger partial charge is 0.334 e. The van der Waals surface area contributed by atoms with Crippen LogP contribution in [-0.4, -0.2) is 66.1 Å². The Balaban J connectivity index is 1.55. The van der Waals surface area contributed by atoms with Gasteiger partial charge in [0.1, 0.15) is 17.3 Å². The molecule has 200 valence electrons. The van der Waals surface area contributed by atoms with E-state index in [4.69, 9.17) is 16.3 Å². The number of carbonyl (C=O) groups is 2. The molecule has 3 fully saturated rings. The third-order valence-corrected chi connectivity index (χ3v) is 12.5. The van der Waals surface area contributed by atoms with Gasteiger partial charge in [-0.1, -0.05) is 25.5 Å². The number of alkyl halides is 1. The van der Waals surface area contributed by atoms with Crippen LogP contribution in [0.4, 0.5) is 0 Å². The monoisotopic (exact) mass is 522 g/mol. The normalized spacial score (nSPS) is 52.3. The SMILES string of the molecule is CC1=C(C)C(=O)O[C@H]([C@](C)(O)[C@]2(O)CC[C@@]3(O)[C@@H]4C[C@@H](O)[C@@]5(Cl)CC=CC(=O)[C@]5(C)[C@@H]4CC[C@]23C)C1. The number of cyclic esters (lactones) is 1. The van der Waals surface area contributed by atoms with Crippen LogP contribution in [0.1, 0.15) is 79.6 Å². The largest absolute Gasteiger partial charge is 0.455 e. The van der Waals surface area contributed by atoms with E-state index in [1.165, 1.54) is 6.92 Å². The summed E-state index contributed by atoms with van der Waals surface area (Å²) in [7, 11) is 0. The van der Waals surface area contributed by atoms with Crippen LogP contribution in [0.5, 0.6) is 0 Å². The molecule has 0 bridgehead atoms. The first-order chi connectivity index (χ1) is 16.5. The van der Waals surface area contributed by atoms with Crippen molar-refractivity contribution in [3.63, 3.8) is 0 Å². The van der Waals surface area contributed by atoms with Crippen LogP contribution in [0.3, 0.4) is 0 Å². The van der Waals surface area contributed by atoms with Crippen molar-refractivity contribution in [3.8, 4) is 0 Å². The highest BCUT2D eigenvalue weighted by molar-refractivity contribution is 6.28. The van der Waals surface area contributed by atoms with Crippen LogP contribution in [0.2, 0.25) is 0 Å². The van der Waals surface area contributed by atoms with E-state index in [1.807, 2.05) is 13.8 Å². The van der Waals surface area contributed by atoms with E-state index >= 15 is 0 Å². The molecule has 8 heteroatoms. The Morgan fingerprint density at radius 1 is 1.11 bits per heavy atom. The van der Waals surface area contributed by atoms with E-state index in [9.17, 15) is 30.0 Å². The van der Waals surface area contributed by atoms with Crippen LogP contribution in [0, 0.1) is 22.7 Å². The maximum absolute atomic E-state index is 13.3. The number of ether oxygens (including phenoxy) is 1. The Morgan fingerprint density at radius 3 is 2.42 bits per heavy atom. The maximum Gasteiger partial charge on any atom is 0.334 e. The van der Waals surface area contributed by atoms with Gasteiger partial charge < -0.3 is 25.2 Å². The van der Waals surface area contributed by atoms with Crippen LogP contribution >= 0.6 is 11.6 Å². The summed E-state index contributed by atoms with van der Waals surface area (Å²) in [6, 6.07) is 0. The Kier molecular flexibility index (Phi) is 5.61. The molecule has 4 aliphatic carbocycles. The molecule has 0 saturated heterocycles. The lowest BCUT2D eigenvalue weighted by Crippen LogP contribution is -2.75. The topological polar surface area (TPSA) is 124 Å². The van der Waals surface area contributed by atoms with E-state index in [-0.39, 0.29) is 31.0 Å². The van der Waals surface area contributed by atoms with E-state index in [0.29, 0.717) is 31.3 Å². The average Bonchev–Trinajstić information content (AvgIpc) is 3.03. The predicted octanol–water partition coefficient (Wildman–Crippen LogP) is 2.96. The van der Waals surface area contributed by atoms with Crippen molar-refractivity contribution in [2.75, 3.05) is 0 Å². The highest BCUT2D eigenvalue weighted by Gasteiger charge is 2.78. The Morgan fingerprint density at radius 2 is 1.78 bits per heavy atom. The lowest BCUT2D eigenvalue weighted by Gasteiger charge is -2.66. The van der Waals surface area contributed by atoms with Crippen molar-refractivity contribution in [3.05, 3.63) is 23.3 Å². The number of aliphatic hydroxyl groups excluding tert-OH is 1. The third kappa shape index (κ3) is 2.79. The first-order valence-electron chi connectivity index (χ1n) is 13.1. The quantitative estimate of drug-likeness (QED) is 0.324. The van der Waals surface area contributed by atoms with Crippen LogP contribution in [0.25, 0.3) is 0 Å². The van der Waals surface area contributed by atoms with Crippen molar-refractivity contribution >= 4 is 23.4 Å². The standard InChI is InChI=1S/C28H39ClO7/c1-15-13-21(36-22(32)16(15)2)25(5,33)28(35)12-11-27(34)18-14-20(31)26(29)9-6-7-19(30)24(26,4)17(18)8-10-23(27,28)3/h6-7,17-18,20-21,31,33-35H,8-14H2,1-5H3/t17-,18-,20-,21+,23+,24+,25+,26+,27-,28+/m1/s1. The second-order valence-electron chi connectivity index (χ2n) is 12.8. The molecule has 0 aromatic heterocycles. The molecule has 0 unspecified atom stereocenters. The molecule has 5 rings (SSSR count). The fourth-order valence-corrected chi connectivity index (χ4v) is 9.32. The molecule has 5 aliphatic rings. The van der Waals surface area contributed by atoms with Gasteiger partial charge in [-0.15, -0.1) is 11.6 Å². The van der Waals surface area contributed by atoms with Gasteiger partial charge in [0, 0.05) is 17.4 Å². The van der Waals surface area contributed by atoms with Gasteiger partial charge in [0.15, 0.2) is 5.78 Å². The zero-order valence-corrected chi connectivity index (χ0v) is 22.6. The summed E-state index contributed by atoms with van der Waals surface area (Å²) in [5, 5.41) is 47.9. The van der Waals surface area contributed by atoms with Crippen molar-refractivity contribution in [2.24, 2.45) is 22.7 Å². The zero-order valence-electron chi connectivity index (χ0n) is 21.8. The Hall–Kier alpha value is -1.25. The summed E-state index contributed by atoms with van der Waals surface area (Å²) >= 11 is 7.03. The van der Waals surface area contributed by atoms with E-state index in [2.05, 4.69) is 0 Å². The molecule has 3 saturated carbocycles. The molecule has 10 atom stereocenters. The van der Waals surface area contributed by atoms with Crippen LogP contribution in [-0.2, 0) is 14.3 Å². The van der Waals surface area contributed by atoms with Gasteiger partial charge in [-0.3, -0.25) is 4.79 Å². The van der Waals surface area contributed by atoms with Crippen molar-refractivity contribution in [2.45, 2.75) is 113 Å². The molecule has 7 nitrogen and oxygen atoms in total. The number of fused-ring (bicyclic) bond motifs is 5. The van der Waals surface area contributed by atoms with Gasteiger partial charge in [-0.05, 0) is 77.2 Å². The molecule has 1 aliphatic heterocycles.